The molecule has 0 bridgehead atoms. The van der Waals surface area contributed by atoms with Gasteiger partial charge < -0.3 is 5.32 Å². The molecule has 0 atom stereocenters. The summed E-state index contributed by atoms with van der Waals surface area (Å²) in [7, 11) is 0. The minimum absolute atomic E-state index is 0.198. The van der Waals surface area contributed by atoms with Crippen molar-refractivity contribution in [1.29, 1.82) is 0 Å². The third-order valence-electron chi connectivity index (χ3n) is 3.55. The smallest absolute Gasteiger partial charge is 0.0896 e. The number of rotatable bonds is 3. The van der Waals surface area contributed by atoms with Crippen molar-refractivity contribution < 1.29 is 0 Å². The van der Waals surface area contributed by atoms with E-state index >= 15 is 0 Å². The minimum atomic E-state index is 0.198. The maximum Gasteiger partial charge on any atom is 0.0896 e. The zero-order chi connectivity index (χ0) is 12.6. The zero-order valence-electron chi connectivity index (χ0n) is 10.2. The Balaban J connectivity index is 1.90. The predicted molar refractivity (Wildman–Crippen MR) is 76.6 cm³/mol. The van der Waals surface area contributed by atoms with Crippen molar-refractivity contribution in [2.24, 2.45) is 0 Å². The molecule has 2 nitrogen and oxygen atoms in total. The highest BCUT2D eigenvalue weighted by Crippen LogP contribution is 2.35. The summed E-state index contributed by atoms with van der Waals surface area (Å²) < 4.78 is 0. The van der Waals surface area contributed by atoms with Crippen LogP contribution in [0.15, 0.2) is 30.5 Å². The molecule has 1 aliphatic heterocycles. The fourth-order valence-corrected chi connectivity index (χ4v) is 3.63. The predicted octanol–water partition coefficient (Wildman–Crippen LogP) is 3.19. The monoisotopic (exact) mass is 278 g/mol. The van der Waals surface area contributed by atoms with Crippen molar-refractivity contribution in [3.05, 3.63) is 50.9 Å². The summed E-state index contributed by atoms with van der Waals surface area (Å²) in [6, 6.07) is 8.24. The van der Waals surface area contributed by atoms with E-state index in [1.54, 1.807) is 11.3 Å². The first-order chi connectivity index (χ1) is 8.68. The fraction of sp³-hybridized carbons (Fsp3) is 0.357. The molecule has 0 aliphatic carbocycles. The van der Waals surface area contributed by atoms with E-state index in [0.29, 0.717) is 0 Å². The van der Waals surface area contributed by atoms with Crippen LogP contribution in [-0.2, 0) is 11.8 Å². The summed E-state index contributed by atoms with van der Waals surface area (Å²) in [5, 5.41) is 5.34. The van der Waals surface area contributed by atoms with Gasteiger partial charge in [0.05, 0.1) is 5.01 Å². The first kappa shape index (κ1) is 12.2. The molecule has 1 saturated heterocycles. The average Bonchev–Trinajstić information content (AvgIpc) is 2.69. The summed E-state index contributed by atoms with van der Waals surface area (Å²) in [6.07, 6.45) is 3.05. The lowest BCUT2D eigenvalue weighted by molar-refractivity contribution is 0.276. The van der Waals surface area contributed by atoms with Crippen LogP contribution in [0.1, 0.15) is 15.4 Å². The van der Waals surface area contributed by atoms with Crippen LogP contribution in [0.3, 0.4) is 0 Å². The van der Waals surface area contributed by atoms with E-state index < -0.39 is 0 Å². The molecule has 0 radical (unpaired) electrons. The molecule has 1 aromatic heterocycles. The van der Waals surface area contributed by atoms with Crippen LogP contribution in [0.5, 0.6) is 0 Å². The van der Waals surface area contributed by atoms with E-state index in [1.807, 2.05) is 18.3 Å². The van der Waals surface area contributed by atoms with Gasteiger partial charge in [0, 0.05) is 34.6 Å². The molecule has 1 aromatic carbocycles. The molecule has 0 saturated carbocycles. The lowest BCUT2D eigenvalue weighted by Gasteiger charge is -2.43. The van der Waals surface area contributed by atoms with Gasteiger partial charge in [-0.2, -0.15) is 0 Å². The standard InChI is InChI=1S/C14H15ClN2S/c1-10-17-7-13(18-10)6-14(8-16-9-14)11-3-2-4-12(15)5-11/h2-5,7,16H,6,8-9H2,1H3. The van der Waals surface area contributed by atoms with Gasteiger partial charge in [0.1, 0.15) is 0 Å². The Morgan fingerprint density at radius 3 is 2.83 bits per heavy atom. The number of aromatic nitrogens is 1. The maximum absolute atomic E-state index is 6.11. The van der Waals surface area contributed by atoms with Crippen LogP contribution < -0.4 is 5.32 Å². The Morgan fingerprint density at radius 1 is 1.44 bits per heavy atom. The Kier molecular flexibility index (Phi) is 3.14. The van der Waals surface area contributed by atoms with Gasteiger partial charge in [0.25, 0.3) is 0 Å². The Morgan fingerprint density at radius 2 is 2.28 bits per heavy atom. The van der Waals surface area contributed by atoms with E-state index in [4.69, 9.17) is 11.6 Å². The highest BCUT2D eigenvalue weighted by molar-refractivity contribution is 7.11. The third-order valence-corrected chi connectivity index (χ3v) is 4.69. The van der Waals surface area contributed by atoms with Gasteiger partial charge in [-0.3, -0.25) is 0 Å². The molecular formula is C14H15ClN2S. The van der Waals surface area contributed by atoms with Crippen LogP contribution >= 0.6 is 22.9 Å². The summed E-state index contributed by atoms with van der Waals surface area (Å²) in [4.78, 5) is 5.70. The average molecular weight is 279 g/mol. The first-order valence-electron chi connectivity index (χ1n) is 6.06. The third kappa shape index (κ3) is 2.18. The molecule has 18 heavy (non-hydrogen) atoms. The number of hydrogen-bond donors (Lipinski definition) is 1. The summed E-state index contributed by atoms with van der Waals surface area (Å²) in [5.41, 5.74) is 1.53. The minimum Gasteiger partial charge on any atom is -0.315 e. The van der Waals surface area contributed by atoms with E-state index in [1.165, 1.54) is 10.4 Å². The normalized spacial score (nSPS) is 17.4. The van der Waals surface area contributed by atoms with Crippen molar-refractivity contribution in [3.8, 4) is 0 Å². The molecule has 2 aromatic rings. The van der Waals surface area contributed by atoms with Crippen LogP contribution in [0, 0.1) is 6.92 Å². The van der Waals surface area contributed by atoms with Gasteiger partial charge in [-0.05, 0) is 31.0 Å². The second kappa shape index (κ2) is 4.65. The molecule has 4 heteroatoms. The first-order valence-corrected chi connectivity index (χ1v) is 7.25. The number of benzene rings is 1. The number of nitrogens with one attached hydrogen (secondary N) is 1. The van der Waals surface area contributed by atoms with Crippen LogP contribution in [0.4, 0.5) is 0 Å². The lowest BCUT2D eigenvalue weighted by Crippen LogP contribution is -2.58. The van der Waals surface area contributed by atoms with E-state index in [2.05, 4.69) is 29.4 Å². The number of halogens is 1. The quantitative estimate of drug-likeness (QED) is 0.933. The number of thiazole rings is 1. The van der Waals surface area contributed by atoms with Crippen molar-refractivity contribution >= 4 is 22.9 Å². The molecule has 1 aliphatic rings. The maximum atomic E-state index is 6.11. The Labute approximate surface area is 116 Å². The Bertz CT molecular complexity index is 560. The fourth-order valence-electron chi connectivity index (χ4n) is 2.50. The summed E-state index contributed by atoms with van der Waals surface area (Å²) in [6.45, 7) is 4.09. The van der Waals surface area contributed by atoms with Crippen molar-refractivity contribution in [2.75, 3.05) is 13.1 Å². The molecular weight excluding hydrogens is 264 g/mol. The van der Waals surface area contributed by atoms with E-state index in [0.717, 1.165) is 29.5 Å². The SMILES string of the molecule is Cc1ncc(CC2(c3cccc(Cl)c3)CNC2)s1. The summed E-state index contributed by atoms with van der Waals surface area (Å²) >= 11 is 7.90. The molecule has 94 valence electrons. The van der Waals surface area contributed by atoms with Crippen molar-refractivity contribution in [2.45, 2.75) is 18.8 Å². The zero-order valence-corrected chi connectivity index (χ0v) is 11.8. The van der Waals surface area contributed by atoms with Crippen molar-refractivity contribution in [3.63, 3.8) is 0 Å². The van der Waals surface area contributed by atoms with Gasteiger partial charge in [-0.1, -0.05) is 23.7 Å². The molecule has 0 unspecified atom stereocenters. The topological polar surface area (TPSA) is 24.9 Å². The van der Waals surface area contributed by atoms with Gasteiger partial charge >= 0.3 is 0 Å². The van der Waals surface area contributed by atoms with E-state index in [-0.39, 0.29) is 5.41 Å². The van der Waals surface area contributed by atoms with Crippen LogP contribution in [0.25, 0.3) is 0 Å². The second-order valence-corrected chi connectivity index (χ2v) is 6.67. The molecule has 2 heterocycles. The Hall–Kier alpha value is -0.900. The molecule has 1 N–H and O–H groups in total. The molecule has 1 fully saturated rings. The van der Waals surface area contributed by atoms with Gasteiger partial charge in [0.2, 0.25) is 0 Å². The molecule has 0 amide bonds. The molecule has 3 rings (SSSR count). The van der Waals surface area contributed by atoms with Gasteiger partial charge in [-0.15, -0.1) is 11.3 Å². The highest BCUT2D eigenvalue weighted by atomic mass is 35.5. The molecule has 0 spiro atoms. The van der Waals surface area contributed by atoms with Crippen LogP contribution in [-0.4, -0.2) is 18.1 Å². The number of hydrogen-bond acceptors (Lipinski definition) is 3. The van der Waals surface area contributed by atoms with E-state index in [9.17, 15) is 0 Å². The summed E-state index contributed by atoms with van der Waals surface area (Å²) in [5.74, 6) is 0. The van der Waals surface area contributed by atoms with Crippen molar-refractivity contribution in [1.82, 2.24) is 10.3 Å². The van der Waals surface area contributed by atoms with Gasteiger partial charge in [0.15, 0.2) is 0 Å². The van der Waals surface area contributed by atoms with Gasteiger partial charge in [-0.25, -0.2) is 4.98 Å². The number of aryl methyl sites for hydroxylation is 1. The second-order valence-electron chi connectivity index (χ2n) is 4.92. The lowest BCUT2D eigenvalue weighted by atomic mass is 9.72. The van der Waals surface area contributed by atoms with Crippen LogP contribution in [0.2, 0.25) is 5.02 Å². The number of nitrogens with zero attached hydrogens (tertiary/aromatic N) is 1. The highest BCUT2D eigenvalue weighted by Gasteiger charge is 2.39. The largest absolute Gasteiger partial charge is 0.315 e.